The third kappa shape index (κ3) is 5.56. The zero-order valence-electron chi connectivity index (χ0n) is 15.0. The number of nitrogens with zero attached hydrogens (tertiary/aromatic N) is 1. The lowest BCUT2D eigenvalue weighted by molar-refractivity contribution is 0.117. The average Bonchev–Trinajstić information content (AvgIpc) is 2.47. The summed E-state index contributed by atoms with van der Waals surface area (Å²) < 4.78 is 0. The van der Waals surface area contributed by atoms with Crippen molar-refractivity contribution in [2.75, 3.05) is 32.7 Å². The van der Waals surface area contributed by atoms with Crippen LogP contribution in [-0.4, -0.2) is 37.6 Å². The van der Waals surface area contributed by atoms with Gasteiger partial charge in [0.1, 0.15) is 0 Å². The second-order valence-corrected chi connectivity index (χ2v) is 8.65. The molecule has 2 nitrogen and oxygen atoms in total. The van der Waals surface area contributed by atoms with E-state index in [9.17, 15) is 0 Å². The van der Waals surface area contributed by atoms with Gasteiger partial charge in [0.2, 0.25) is 0 Å². The summed E-state index contributed by atoms with van der Waals surface area (Å²) in [6, 6.07) is 0. The van der Waals surface area contributed by atoms with Gasteiger partial charge in [-0.3, -0.25) is 0 Å². The SMILES string of the molecule is CCN(CC1CCC(C(C)(C)C)CC1)CC1CCCNC1. The topological polar surface area (TPSA) is 15.3 Å². The highest BCUT2D eigenvalue weighted by Gasteiger charge is 2.30. The van der Waals surface area contributed by atoms with E-state index in [0.29, 0.717) is 5.41 Å². The Morgan fingerprint density at radius 3 is 2.14 bits per heavy atom. The number of hydrogen-bond acceptors (Lipinski definition) is 2. The number of piperidine rings is 1. The van der Waals surface area contributed by atoms with E-state index in [1.165, 1.54) is 71.2 Å². The van der Waals surface area contributed by atoms with Crippen molar-refractivity contribution in [2.24, 2.45) is 23.2 Å². The molecule has 1 aliphatic heterocycles. The quantitative estimate of drug-likeness (QED) is 0.819. The van der Waals surface area contributed by atoms with Crippen molar-refractivity contribution in [1.82, 2.24) is 10.2 Å². The number of rotatable bonds is 5. The van der Waals surface area contributed by atoms with Gasteiger partial charge >= 0.3 is 0 Å². The molecule has 1 saturated carbocycles. The molecule has 0 aromatic carbocycles. The summed E-state index contributed by atoms with van der Waals surface area (Å²) in [4.78, 5) is 2.74. The van der Waals surface area contributed by atoms with Crippen LogP contribution in [0.1, 0.15) is 66.2 Å². The van der Waals surface area contributed by atoms with Gasteiger partial charge in [0.15, 0.2) is 0 Å². The molecule has 1 aliphatic carbocycles. The maximum Gasteiger partial charge on any atom is 0.00218 e. The van der Waals surface area contributed by atoms with Crippen LogP contribution in [0, 0.1) is 23.2 Å². The zero-order valence-corrected chi connectivity index (χ0v) is 15.0. The zero-order chi connectivity index (χ0) is 15.3. The van der Waals surface area contributed by atoms with Crippen molar-refractivity contribution >= 4 is 0 Å². The van der Waals surface area contributed by atoms with Crippen molar-refractivity contribution in [3.05, 3.63) is 0 Å². The van der Waals surface area contributed by atoms with Crippen LogP contribution in [0.2, 0.25) is 0 Å². The van der Waals surface area contributed by atoms with Crippen LogP contribution in [0.5, 0.6) is 0 Å². The van der Waals surface area contributed by atoms with Crippen LogP contribution < -0.4 is 5.32 Å². The molecule has 0 spiro atoms. The number of nitrogens with one attached hydrogen (secondary N) is 1. The molecule has 1 heterocycles. The maximum atomic E-state index is 3.56. The Balaban J connectivity index is 1.72. The Hall–Kier alpha value is -0.0800. The molecule has 0 aromatic heterocycles. The highest BCUT2D eigenvalue weighted by atomic mass is 15.1. The van der Waals surface area contributed by atoms with Gasteiger partial charge in [-0.15, -0.1) is 0 Å². The Kier molecular flexibility index (Phi) is 6.55. The van der Waals surface area contributed by atoms with E-state index in [4.69, 9.17) is 0 Å². The van der Waals surface area contributed by atoms with Crippen LogP contribution in [0.25, 0.3) is 0 Å². The summed E-state index contributed by atoms with van der Waals surface area (Å²) in [6.45, 7) is 16.0. The largest absolute Gasteiger partial charge is 0.316 e. The van der Waals surface area contributed by atoms with E-state index in [0.717, 1.165) is 17.8 Å². The molecule has 1 N–H and O–H groups in total. The highest BCUT2D eigenvalue weighted by Crippen LogP contribution is 2.40. The third-order valence-corrected chi connectivity index (χ3v) is 5.95. The molecule has 0 aromatic rings. The molecular formula is C19H38N2. The summed E-state index contributed by atoms with van der Waals surface area (Å²) >= 11 is 0. The second kappa shape index (κ2) is 7.97. The van der Waals surface area contributed by atoms with E-state index >= 15 is 0 Å². The molecular weight excluding hydrogens is 256 g/mol. The van der Waals surface area contributed by atoms with Crippen LogP contribution >= 0.6 is 0 Å². The van der Waals surface area contributed by atoms with Gasteiger partial charge < -0.3 is 10.2 Å². The first-order valence-corrected chi connectivity index (χ1v) is 9.42. The molecule has 21 heavy (non-hydrogen) atoms. The lowest BCUT2D eigenvalue weighted by Crippen LogP contribution is -2.40. The van der Waals surface area contributed by atoms with Gasteiger partial charge in [0, 0.05) is 13.1 Å². The monoisotopic (exact) mass is 294 g/mol. The minimum atomic E-state index is 0.517. The molecule has 2 aliphatic rings. The van der Waals surface area contributed by atoms with Crippen LogP contribution in [0.4, 0.5) is 0 Å². The van der Waals surface area contributed by atoms with Gasteiger partial charge in [-0.05, 0) is 81.3 Å². The Labute approximate surface area is 133 Å². The molecule has 2 heteroatoms. The fourth-order valence-electron chi connectivity index (χ4n) is 4.35. The summed E-state index contributed by atoms with van der Waals surface area (Å²) in [6.07, 6.45) is 8.63. The second-order valence-electron chi connectivity index (χ2n) is 8.65. The molecule has 124 valence electrons. The predicted octanol–water partition coefficient (Wildman–Crippen LogP) is 4.16. The molecule has 1 atom stereocenters. The molecule has 1 saturated heterocycles. The normalized spacial score (nSPS) is 31.6. The van der Waals surface area contributed by atoms with E-state index in [2.05, 4.69) is 37.9 Å². The van der Waals surface area contributed by atoms with Crippen molar-refractivity contribution in [3.8, 4) is 0 Å². The van der Waals surface area contributed by atoms with Gasteiger partial charge in [-0.1, -0.05) is 27.7 Å². The lowest BCUT2D eigenvalue weighted by atomic mass is 9.70. The Morgan fingerprint density at radius 2 is 1.62 bits per heavy atom. The summed E-state index contributed by atoms with van der Waals surface area (Å²) in [7, 11) is 0. The van der Waals surface area contributed by atoms with Crippen molar-refractivity contribution < 1.29 is 0 Å². The number of hydrogen-bond donors (Lipinski definition) is 1. The van der Waals surface area contributed by atoms with Crippen LogP contribution in [0.15, 0.2) is 0 Å². The van der Waals surface area contributed by atoms with Crippen LogP contribution in [-0.2, 0) is 0 Å². The fraction of sp³-hybridized carbons (Fsp3) is 1.00. The molecule has 2 rings (SSSR count). The van der Waals surface area contributed by atoms with Gasteiger partial charge in [0.05, 0.1) is 0 Å². The van der Waals surface area contributed by atoms with Gasteiger partial charge in [-0.2, -0.15) is 0 Å². The lowest BCUT2D eigenvalue weighted by Gasteiger charge is -2.39. The molecule has 1 unspecified atom stereocenters. The van der Waals surface area contributed by atoms with E-state index in [-0.39, 0.29) is 0 Å². The standard InChI is InChI=1S/C19H38N2/c1-5-21(15-17-7-6-12-20-13-17)14-16-8-10-18(11-9-16)19(2,3)4/h16-18,20H,5-15H2,1-4H3. The molecule has 2 fully saturated rings. The van der Waals surface area contributed by atoms with E-state index in [1.54, 1.807) is 0 Å². The van der Waals surface area contributed by atoms with Gasteiger partial charge in [-0.25, -0.2) is 0 Å². The fourth-order valence-corrected chi connectivity index (χ4v) is 4.35. The molecule has 0 amide bonds. The Bertz CT molecular complexity index is 280. The van der Waals surface area contributed by atoms with Crippen LogP contribution in [0.3, 0.4) is 0 Å². The first-order valence-electron chi connectivity index (χ1n) is 9.42. The molecule has 0 radical (unpaired) electrons. The minimum Gasteiger partial charge on any atom is -0.316 e. The summed E-state index contributed by atoms with van der Waals surface area (Å²) in [5.41, 5.74) is 0.517. The van der Waals surface area contributed by atoms with Crippen molar-refractivity contribution in [2.45, 2.75) is 66.2 Å². The predicted molar refractivity (Wildman–Crippen MR) is 92.6 cm³/mol. The maximum absolute atomic E-state index is 3.56. The minimum absolute atomic E-state index is 0.517. The average molecular weight is 295 g/mol. The smallest absolute Gasteiger partial charge is 0.00218 e. The first-order chi connectivity index (χ1) is 9.99. The Morgan fingerprint density at radius 1 is 0.952 bits per heavy atom. The van der Waals surface area contributed by atoms with E-state index < -0.39 is 0 Å². The van der Waals surface area contributed by atoms with Gasteiger partial charge in [0.25, 0.3) is 0 Å². The van der Waals surface area contributed by atoms with Crippen molar-refractivity contribution in [3.63, 3.8) is 0 Å². The summed E-state index contributed by atoms with van der Waals surface area (Å²) in [5, 5.41) is 3.56. The first kappa shape index (κ1) is 17.3. The van der Waals surface area contributed by atoms with E-state index in [1.807, 2.05) is 0 Å². The molecule has 0 bridgehead atoms. The highest BCUT2D eigenvalue weighted by molar-refractivity contribution is 4.82. The van der Waals surface area contributed by atoms with Crippen molar-refractivity contribution in [1.29, 1.82) is 0 Å². The summed E-state index contributed by atoms with van der Waals surface area (Å²) in [5.74, 6) is 2.80. The third-order valence-electron chi connectivity index (χ3n) is 5.95.